The topological polar surface area (TPSA) is 72.5 Å². The van der Waals surface area contributed by atoms with Gasteiger partial charge in [0.2, 0.25) is 0 Å². The van der Waals surface area contributed by atoms with E-state index >= 15 is 0 Å². The Balaban J connectivity index is 2.31. The molecule has 0 aliphatic heterocycles. The van der Waals surface area contributed by atoms with Crippen molar-refractivity contribution in [1.82, 2.24) is 0 Å². The number of carboxylic acid groups (broad SMARTS) is 1. The molecule has 1 aromatic carbocycles. The second-order valence-corrected chi connectivity index (χ2v) is 7.47. The van der Waals surface area contributed by atoms with E-state index in [4.69, 9.17) is 15.6 Å². The quantitative estimate of drug-likeness (QED) is 0.722. The summed E-state index contributed by atoms with van der Waals surface area (Å²) >= 11 is 1.57. The zero-order valence-corrected chi connectivity index (χ0v) is 14.0. The molecule has 0 aliphatic carbocycles. The Labute approximate surface area is 131 Å². The average Bonchev–Trinajstić information content (AvgIpc) is 2.41. The van der Waals surface area contributed by atoms with Gasteiger partial charge < -0.3 is 15.6 Å². The van der Waals surface area contributed by atoms with E-state index in [-0.39, 0.29) is 0 Å². The van der Waals surface area contributed by atoms with E-state index < -0.39 is 16.8 Å². The molecule has 1 atom stereocenters. The summed E-state index contributed by atoms with van der Waals surface area (Å²) in [6.45, 7) is 8.48. The van der Waals surface area contributed by atoms with Crippen molar-refractivity contribution in [1.29, 1.82) is 0 Å². The number of hydrogen-bond acceptors (Lipinski definition) is 4. The Morgan fingerprint density at radius 3 is 2.62 bits per heavy atom. The number of aliphatic carboxylic acids is 1. The first-order chi connectivity index (χ1) is 9.74. The number of benzene rings is 1. The molecule has 4 nitrogen and oxygen atoms in total. The van der Waals surface area contributed by atoms with Gasteiger partial charge in [-0.2, -0.15) is 11.8 Å². The Kier molecular flexibility index (Phi) is 6.55. The van der Waals surface area contributed by atoms with Crippen molar-refractivity contribution < 1.29 is 14.6 Å². The first-order valence-electron chi connectivity index (χ1n) is 7.06. The predicted molar refractivity (Wildman–Crippen MR) is 88.2 cm³/mol. The van der Waals surface area contributed by atoms with Crippen molar-refractivity contribution in [2.75, 3.05) is 12.4 Å². The molecule has 3 N–H and O–H groups in total. The second-order valence-electron chi connectivity index (χ2n) is 5.72. The fourth-order valence-corrected chi connectivity index (χ4v) is 2.84. The molecule has 5 heteroatoms. The van der Waals surface area contributed by atoms with E-state index in [1.807, 2.05) is 26.0 Å². The number of hydrogen-bond donors (Lipinski definition) is 2. The maximum absolute atomic E-state index is 10.9. The van der Waals surface area contributed by atoms with Gasteiger partial charge in [0.25, 0.3) is 0 Å². The van der Waals surface area contributed by atoms with E-state index in [9.17, 15) is 4.79 Å². The molecule has 0 aromatic heterocycles. The van der Waals surface area contributed by atoms with Gasteiger partial charge in [-0.15, -0.1) is 0 Å². The minimum atomic E-state index is -0.959. The molecule has 0 bridgehead atoms. The van der Waals surface area contributed by atoms with Crippen molar-refractivity contribution in [3.63, 3.8) is 0 Å². The SMILES string of the molecule is Cc1ccc(OCCCSC(C)(C)[C@@H](N)C(=O)O)cc1C. The highest BCUT2D eigenvalue weighted by molar-refractivity contribution is 8.00. The van der Waals surface area contributed by atoms with Crippen LogP contribution in [-0.2, 0) is 4.79 Å². The molecular formula is C16H25NO3S. The number of rotatable bonds is 8. The van der Waals surface area contributed by atoms with Gasteiger partial charge in [-0.25, -0.2) is 0 Å². The number of carbonyl (C=O) groups is 1. The second kappa shape index (κ2) is 7.71. The zero-order valence-electron chi connectivity index (χ0n) is 13.2. The van der Waals surface area contributed by atoms with Crippen LogP contribution < -0.4 is 10.5 Å². The Bertz CT molecular complexity index is 488. The van der Waals surface area contributed by atoms with Gasteiger partial charge in [0.15, 0.2) is 0 Å². The van der Waals surface area contributed by atoms with Crippen LogP contribution in [0.2, 0.25) is 0 Å². The normalized spacial score (nSPS) is 13.0. The van der Waals surface area contributed by atoms with Crippen LogP contribution in [0.5, 0.6) is 5.75 Å². The first-order valence-corrected chi connectivity index (χ1v) is 8.05. The number of aryl methyl sites for hydroxylation is 2. The monoisotopic (exact) mass is 311 g/mol. The van der Waals surface area contributed by atoms with Gasteiger partial charge in [0.05, 0.1) is 6.61 Å². The van der Waals surface area contributed by atoms with Gasteiger partial charge in [-0.05, 0) is 63.1 Å². The van der Waals surface area contributed by atoms with Gasteiger partial charge in [-0.3, -0.25) is 4.79 Å². The molecule has 0 unspecified atom stereocenters. The molecule has 0 saturated carbocycles. The van der Waals surface area contributed by atoms with Crippen molar-refractivity contribution in [2.24, 2.45) is 5.73 Å². The lowest BCUT2D eigenvalue weighted by Gasteiger charge is -2.27. The largest absolute Gasteiger partial charge is 0.494 e. The number of carboxylic acids is 1. The van der Waals surface area contributed by atoms with E-state index in [1.165, 1.54) is 11.1 Å². The van der Waals surface area contributed by atoms with Gasteiger partial charge in [0, 0.05) is 4.75 Å². The molecule has 0 radical (unpaired) electrons. The zero-order chi connectivity index (χ0) is 16.0. The smallest absolute Gasteiger partial charge is 0.321 e. The summed E-state index contributed by atoms with van der Waals surface area (Å²) in [5, 5.41) is 8.95. The molecule has 0 fully saturated rings. The molecule has 0 aliphatic rings. The molecule has 1 aromatic rings. The Morgan fingerprint density at radius 1 is 1.38 bits per heavy atom. The van der Waals surface area contributed by atoms with Gasteiger partial charge in [-0.1, -0.05) is 6.07 Å². The Hall–Kier alpha value is -1.20. The minimum Gasteiger partial charge on any atom is -0.494 e. The summed E-state index contributed by atoms with van der Waals surface area (Å²) in [4.78, 5) is 10.9. The van der Waals surface area contributed by atoms with Crippen molar-refractivity contribution in [3.8, 4) is 5.75 Å². The summed E-state index contributed by atoms with van der Waals surface area (Å²) in [7, 11) is 0. The molecule has 1 rings (SSSR count). The highest BCUT2D eigenvalue weighted by Crippen LogP contribution is 2.28. The third kappa shape index (κ3) is 5.59. The third-order valence-corrected chi connectivity index (χ3v) is 5.02. The molecule has 118 valence electrons. The van der Waals surface area contributed by atoms with E-state index in [1.54, 1.807) is 11.8 Å². The molecule has 0 spiro atoms. The standard InChI is InChI=1S/C16H25NO3S/c1-11-6-7-13(10-12(11)2)20-8-5-9-21-16(3,4)14(17)15(18)19/h6-7,10,14H,5,8-9,17H2,1-4H3,(H,18,19)/t14-/m0/s1. The van der Waals surface area contributed by atoms with Crippen LogP contribution in [0.3, 0.4) is 0 Å². The van der Waals surface area contributed by atoms with Crippen LogP contribution >= 0.6 is 11.8 Å². The van der Waals surface area contributed by atoms with Crippen molar-refractivity contribution in [2.45, 2.75) is 44.9 Å². The fourth-order valence-electron chi connectivity index (χ4n) is 1.77. The van der Waals surface area contributed by atoms with Gasteiger partial charge in [0.1, 0.15) is 11.8 Å². The third-order valence-electron chi connectivity index (χ3n) is 3.52. The minimum absolute atomic E-state index is 0.480. The van der Waals surface area contributed by atoms with Crippen LogP contribution in [0.1, 0.15) is 31.4 Å². The maximum Gasteiger partial charge on any atom is 0.321 e. The summed E-state index contributed by atoms with van der Waals surface area (Å²) in [5.41, 5.74) is 8.15. The van der Waals surface area contributed by atoms with Crippen LogP contribution in [0, 0.1) is 13.8 Å². The van der Waals surface area contributed by atoms with E-state index in [2.05, 4.69) is 19.9 Å². The van der Waals surface area contributed by atoms with Gasteiger partial charge >= 0.3 is 5.97 Å². The predicted octanol–water partition coefficient (Wildman–Crippen LogP) is 3.00. The van der Waals surface area contributed by atoms with Crippen LogP contribution in [0.4, 0.5) is 0 Å². The van der Waals surface area contributed by atoms with Crippen molar-refractivity contribution >= 4 is 17.7 Å². The van der Waals surface area contributed by atoms with Crippen LogP contribution in [0.25, 0.3) is 0 Å². The summed E-state index contributed by atoms with van der Waals surface area (Å²) in [6, 6.07) is 5.20. The summed E-state index contributed by atoms with van der Waals surface area (Å²) in [6.07, 6.45) is 0.855. The lowest BCUT2D eigenvalue weighted by atomic mass is 10.1. The molecule has 0 amide bonds. The van der Waals surface area contributed by atoms with E-state index in [0.717, 1.165) is 17.9 Å². The summed E-state index contributed by atoms with van der Waals surface area (Å²) in [5.74, 6) is 0.738. The fraction of sp³-hybridized carbons (Fsp3) is 0.562. The van der Waals surface area contributed by atoms with Crippen LogP contribution in [-0.4, -0.2) is 34.2 Å². The Morgan fingerprint density at radius 2 is 2.05 bits per heavy atom. The maximum atomic E-state index is 10.9. The lowest BCUT2D eigenvalue weighted by Crippen LogP contribution is -2.46. The summed E-state index contributed by atoms with van der Waals surface area (Å²) < 4.78 is 5.22. The van der Waals surface area contributed by atoms with Crippen molar-refractivity contribution in [3.05, 3.63) is 29.3 Å². The highest BCUT2D eigenvalue weighted by atomic mass is 32.2. The molecule has 0 saturated heterocycles. The number of thioether (sulfide) groups is 1. The number of nitrogens with two attached hydrogens (primary N) is 1. The number of ether oxygens (including phenoxy) is 1. The average molecular weight is 311 g/mol. The highest BCUT2D eigenvalue weighted by Gasteiger charge is 2.32. The van der Waals surface area contributed by atoms with Crippen LogP contribution in [0.15, 0.2) is 18.2 Å². The lowest BCUT2D eigenvalue weighted by molar-refractivity contribution is -0.139. The van der Waals surface area contributed by atoms with E-state index in [0.29, 0.717) is 6.61 Å². The molecule has 21 heavy (non-hydrogen) atoms. The molecular weight excluding hydrogens is 286 g/mol. The first kappa shape index (κ1) is 17.9. The molecule has 0 heterocycles.